The van der Waals surface area contributed by atoms with Crippen molar-refractivity contribution in [2.75, 3.05) is 26.2 Å². The summed E-state index contributed by atoms with van der Waals surface area (Å²) in [7, 11) is -3.43. The molecule has 0 saturated carbocycles. The minimum absolute atomic E-state index is 0.0319. The molecule has 0 spiro atoms. The quantitative estimate of drug-likeness (QED) is 0.764. The van der Waals surface area contributed by atoms with E-state index >= 15 is 0 Å². The van der Waals surface area contributed by atoms with E-state index < -0.39 is 10.0 Å². The molecule has 0 bridgehead atoms. The van der Waals surface area contributed by atoms with Crippen molar-refractivity contribution in [3.8, 4) is 0 Å². The van der Waals surface area contributed by atoms with Gasteiger partial charge >= 0.3 is 0 Å². The van der Waals surface area contributed by atoms with Crippen molar-refractivity contribution in [1.82, 2.24) is 9.21 Å². The minimum Gasteiger partial charge on any atom is -0.293 e. The summed E-state index contributed by atoms with van der Waals surface area (Å²) < 4.78 is 28.0. The first-order valence-corrected chi connectivity index (χ1v) is 11.9. The van der Waals surface area contributed by atoms with E-state index in [9.17, 15) is 8.42 Å². The van der Waals surface area contributed by atoms with Crippen molar-refractivity contribution in [3.05, 3.63) is 65.7 Å². The number of nitrogens with zero attached hydrogens (tertiary/aromatic N) is 2. The Morgan fingerprint density at radius 1 is 0.857 bits per heavy atom. The highest BCUT2D eigenvalue weighted by Gasteiger charge is 2.44. The minimum atomic E-state index is -3.43. The third kappa shape index (κ3) is 3.51. The smallest absolute Gasteiger partial charge is 0.243 e. The summed E-state index contributed by atoms with van der Waals surface area (Å²) >= 11 is 0. The van der Waals surface area contributed by atoms with Crippen LogP contribution >= 0.6 is 0 Å². The summed E-state index contributed by atoms with van der Waals surface area (Å²) in [5.74, 6) is 0. The molecule has 0 radical (unpaired) electrons. The van der Waals surface area contributed by atoms with Gasteiger partial charge in [-0.3, -0.25) is 4.90 Å². The third-order valence-electron chi connectivity index (χ3n) is 6.54. The maximum atomic E-state index is 13.2. The molecule has 2 heterocycles. The van der Waals surface area contributed by atoms with Gasteiger partial charge in [-0.2, -0.15) is 4.31 Å². The lowest BCUT2D eigenvalue weighted by Gasteiger charge is -2.47. The first-order valence-electron chi connectivity index (χ1n) is 10.5. The van der Waals surface area contributed by atoms with Crippen LogP contribution in [0, 0.1) is 0 Å². The van der Waals surface area contributed by atoms with E-state index in [0.717, 1.165) is 37.9 Å². The number of sulfonamides is 1. The molecule has 2 aliphatic rings. The van der Waals surface area contributed by atoms with Gasteiger partial charge in [0.1, 0.15) is 0 Å². The molecule has 2 aromatic rings. The van der Waals surface area contributed by atoms with Crippen LogP contribution in [-0.4, -0.2) is 43.8 Å². The van der Waals surface area contributed by atoms with Crippen molar-refractivity contribution >= 4 is 10.0 Å². The van der Waals surface area contributed by atoms with E-state index in [1.54, 1.807) is 16.4 Å². The Kier molecular flexibility index (Phi) is 5.59. The van der Waals surface area contributed by atoms with Crippen LogP contribution < -0.4 is 0 Å². The summed E-state index contributed by atoms with van der Waals surface area (Å²) in [5.41, 5.74) is 2.46. The molecule has 2 fully saturated rings. The van der Waals surface area contributed by atoms with Crippen molar-refractivity contribution in [2.24, 2.45) is 0 Å². The van der Waals surface area contributed by atoms with Gasteiger partial charge in [0.15, 0.2) is 0 Å². The molecule has 28 heavy (non-hydrogen) atoms. The van der Waals surface area contributed by atoms with E-state index in [0.29, 0.717) is 18.0 Å². The van der Waals surface area contributed by atoms with Gasteiger partial charge in [0.05, 0.1) is 4.90 Å². The van der Waals surface area contributed by atoms with Gasteiger partial charge in [-0.15, -0.1) is 0 Å². The molecule has 0 aromatic heterocycles. The second-order valence-corrected chi connectivity index (χ2v) is 9.93. The lowest BCUT2D eigenvalue weighted by atomic mass is 9.80. The lowest BCUT2D eigenvalue weighted by molar-refractivity contribution is 0.0572. The summed E-state index contributed by atoms with van der Waals surface area (Å²) in [6, 6.07) is 18.1. The maximum absolute atomic E-state index is 13.2. The number of hydrogen-bond acceptors (Lipinski definition) is 3. The van der Waals surface area contributed by atoms with Crippen molar-refractivity contribution in [2.45, 2.75) is 49.5 Å². The fourth-order valence-electron chi connectivity index (χ4n) is 4.82. The third-order valence-corrected chi connectivity index (χ3v) is 8.45. The van der Waals surface area contributed by atoms with Crippen LogP contribution in [0.25, 0.3) is 0 Å². The molecule has 4 rings (SSSR count). The van der Waals surface area contributed by atoms with Gasteiger partial charge in [-0.1, -0.05) is 49.4 Å². The number of aryl methyl sites for hydroxylation is 1. The summed E-state index contributed by atoms with van der Waals surface area (Å²) in [4.78, 5) is 3.01. The Hall–Kier alpha value is -1.69. The van der Waals surface area contributed by atoms with E-state index in [1.807, 2.05) is 12.1 Å². The standard InChI is InChI=1S/C23H30N2O2S/c1-2-20-10-12-22(13-11-20)28(26,27)25-18-14-23(15-19-25,24-16-6-7-17-24)21-8-4-3-5-9-21/h3-5,8-13H,2,6-7,14-19H2,1H3. The molecule has 0 unspecified atom stereocenters. The van der Waals surface area contributed by atoms with E-state index in [2.05, 4.69) is 42.2 Å². The molecule has 2 aliphatic heterocycles. The molecule has 2 saturated heterocycles. The molecular weight excluding hydrogens is 368 g/mol. The monoisotopic (exact) mass is 398 g/mol. The highest BCUT2D eigenvalue weighted by molar-refractivity contribution is 7.89. The maximum Gasteiger partial charge on any atom is 0.243 e. The highest BCUT2D eigenvalue weighted by atomic mass is 32.2. The van der Waals surface area contributed by atoms with Crippen LogP contribution in [0.3, 0.4) is 0 Å². The van der Waals surface area contributed by atoms with Crippen LogP contribution in [0.2, 0.25) is 0 Å². The van der Waals surface area contributed by atoms with E-state index in [-0.39, 0.29) is 5.54 Å². The fourth-order valence-corrected chi connectivity index (χ4v) is 6.27. The van der Waals surface area contributed by atoms with Gasteiger partial charge in [0.2, 0.25) is 10.0 Å². The van der Waals surface area contributed by atoms with Crippen molar-refractivity contribution in [3.63, 3.8) is 0 Å². The van der Waals surface area contributed by atoms with Crippen LogP contribution in [-0.2, 0) is 22.0 Å². The fraction of sp³-hybridized carbons (Fsp3) is 0.478. The van der Waals surface area contributed by atoms with Gasteiger partial charge in [0.25, 0.3) is 0 Å². The summed E-state index contributed by atoms with van der Waals surface area (Å²) in [6.07, 6.45) is 5.09. The number of likely N-dealkylation sites (tertiary alicyclic amines) is 1. The molecule has 150 valence electrons. The molecule has 2 aromatic carbocycles. The predicted molar refractivity (Wildman–Crippen MR) is 113 cm³/mol. The van der Waals surface area contributed by atoms with Crippen molar-refractivity contribution < 1.29 is 8.42 Å². The lowest BCUT2D eigenvalue weighted by Crippen LogP contribution is -2.53. The zero-order chi connectivity index (χ0) is 19.6. The van der Waals surface area contributed by atoms with Crippen LogP contribution in [0.5, 0.6) is 0 Å². The largest absolute Gasteiger partial charge is 0.293 e. The Bertz CT molecular complexity index is 880. The average molecular weight is 399 g/mol. The topological polar surface area (TPSA) is 40.6 Å². The highest BCUT2D eigenvalue weighted by Crippen LogP contribution is 2.41. The Morgan fingerprint density at radius 3 is 2.04 bits per heavy atom. The second kappa shape index (κ2) is 7.97. The van der Waals surface area contributed by atoms with Crippen molar-refractivity contribution in [1.29, 1.82) is 0 Å². The Balaban J connectivity index is 1.57. The zero-order valence-corrected chi connectivity index (χ0v) is 17.5. The number of benzene rings is 2. The molecule has 0 N–H and O–H groups in total. The Labute approximate surface area is 169 Å². The Morgan fingerprint density at radius 2 is 1.46 bits per heavy atom. The van der Waals surface area contributed by atoms with E-state index in [1.165, 1.54) is 18.4 Å². The van der Waals surface area contributed by atoms with Crippen LogP contribution in [0.15, 0.2) is 59.5 Å². The molecule has 5 heteroatoms. The van der Waals surface area contributed by atoms with Gasteiger partial charge < -0.3 is 0 Å². The SMILES string of the molecule is CCc1ccc(S(=O)(=O)N2CCC(c3ccccc3)(N3CCCC3)CC2)cc1. The van der Waals surface area contributed by atoms with Crippen LogP contribution in [0.1, 0.15) is 43.7 Å². The first-order chi connectivity index (χ1) is 13.6. The number of piperidine rings is 1. The normalized spacial score (nSPS) is 21.0. The average Bonchev–Trinajstić information content (AvgIpc) is 3.30. The second-order valence-electron chi connectivity index (χ2n) is 7.99. The van der Waals surface area contributed by atoms with Crippen LogP contribution in [0.4, 0.5) is 0 Å². The summed E-state index contributed by atoms with van der Waals surface area (Å²) in [5, 5.41) is 0. The molecular formula is C23H30N2O2S. The predicted octanol–water partition coefficient (Wildman–Crippen LogP) is 4.02. The molecule has 4 nitrogen and oxygen atoms in total. The molecule has 0 amide bonds. The first kappa shape index (κ1) is 19.6. The molecule has 0 aliphatic carbocycles. The summed E-state index contributed by atoms with van der Waals surface area (Å²) in [6.45, 7) is 5.45. The zero-order valence-electron chi connectivity index (χ0n) is 16.7. The van der Waals surface area contributed by atoms with E-state index in [4.69, 9.17) is 0 Å². The molecule has 0 atom stereocenters. The number of hydrogen-bond donors (Lipinski definition) is 0. The van der Waals surface area contributed by atoms with Gasteiger partial charge in [-0.25, -0.2) is 8.42 Å². The van der Waals surface area contributed by atoms with Gasteiger partial charge in [0, 0.05) is 18.6 Å². The number of rotatable bonds is 5. The van der Waals surface area contributed by atoms with Gasteiger partial charge in [-0.05, 0) is 68.5 Å².